The molecule has 0 aromatic heterocycles. The molecule has 3 rings (SSSR count). The van der Waals surface area contributed by atoms with Crippen molar-refractivity contribution in [1.82, 2.24) is 5.32 Å². The zero-order valence-corrected chi connectivity index (χ0v) is 13.8. The molecular formula is C20H24N2O2. The molecule has 0 saturated carbocycles. The second-order valence-corrected chi connectivity index (χ2v) is 6.41. The van der Waals surface area contributed by atoms with Crippen molar-refractivity contribution < 1.29 is 9.53 Å². The van der Waals surface area contributed by atoms with Crippen LogP contribution in [-0.2, 0) is 11.2 Å². The number of esters is 1. The summed E-state index contributed by atoms with van der Waals surface area (Å²) in [5, 5.41) is 3.48. The first-order chi connectivity index (χ1) is 11.7. The number of nitrogens with one attached hydrogen (secondary N) is 1. The maximum atomic E-state index is 12.6. The van der Waals surface area contributed by atoms with Crippen LogP contribution in [0.4, 0.5) is 5.69 Å². The molecule has 24 heavy (non-hydrogen) atoms. The van der Waals surface area contributed by atoms with Crippen LogP contribution in [0, 0.1) is 0 Å². The van der Waals surface area contributed by atoms with Gasteiger partial charge in [-0.25, -0.2) is 4.79 Å². The Hall–Kier alpha value is -2.33. The van der Waals surface area contributed by atoms with Crippen LogP contribution in [0.5, 0.6) is 0 Å². The van der Waals surface area contributed by atoms with E-state index in [0.717, 1.165) is 43.5 Å². The number of ether oxygens (including phenoxy) is 1. The SMILES string of the molecule is Nc1ccc(CC2(OC(=O)c3ccccc3)CCCCCN2)cc1. The highest BCUT2D eigenvalue weighted by Crippen LogP contribution is 2.26. The Labute approximate surface area is 143 Å². The zero-order chi connectivity index (χ0) is 16.8. The van der Waals surface area contributed by atoms with Gasteiger partial charge in [0, 0.05) is 18.5 Å². The van der Waals surface area contributed by atoms with Crippen molar-refractivity contribution in [3.8, 4) is 0 Å². The number of hydrogen-bond acceptors (Lipinski definition) is 4. The minimum Gasteiger partial charge on any atom is -0.440 e. The second-order valence-electron chi connectivity index (χ2n) is 6.41. The van der Waals surface area contributed by atoms with Crippen LogP contribution in [-0.4, -0.2) is 18.2 Å². The number of hydrogen-bond donors (Lipinski definition) is 2. The fourth-order valence-corrected chi connectivity index (χ4v) is 3.17. The summed E-state index contributed by atoms with van der Waals surface area (Å²) in [4.78, 5) is 12.6. The summed E-state index contributed by atoms with van der Waals surface area (Å²) < 4.78 is 6.00. The number of benzene rings is 2. The molecule has 0 radical (unpaired) electrons. The van der Waals surface area contributed by atoms with Crippen LogP contribution >= 0.6 is 0 Å². The van der Waals surface area contributed by atoms with Gasteiger partial charge in [0.25, 0.3) is 0 Å². The van der Waals surface area contributed by atoms with Crippen LogP contribution in [0.1, 0.15) is 41.6 Å². The molecule has 1 atom stereocenters. The Kier molecular flexibility index (Phi) is 5.16. The summed E-state index contributed by atoms with van der Waals surface area (Å²) in [6.45, 7) is 0.858. The number of carbonyl (C=O) groups is 1. The Morgan fingerprint density at radius 1 is 1.04 bits per heavy atom. The van der Waals surface area contributed by atoms with Crippen molar-refractivity contribution in [2.24, 2.45) is 0 Å². The molecule has 1 unspecified atom stereocenters. The Balaban J connectivity index is 1.81. The van der Waals surface area contributed by atoms with Gasteiger partial charge in [-0.1, -0.05) is 36.8 Å². The van der Waals surface area contributed by atoms with Crippen molar-refractivity contribution in [2.45, 2.75) is 37.8 Å². The van der Waals surface area contributed by atoms with Crippen molar-refractivity contribution in [2.75, 3.05) is 12.3 Å². The monoisotopic (exact) mass is 324 g/mol. The number of carbonyl (C=O) groups excluding carboxylic acids is 1. The van der Waals surface area contributed by atoms with Gasteiger partial charge >= 0.3 is 5.97 Å². The van der Waals surface area contributed by atoms with Crippen molar-refractivity contribution >= 4 is 11.7 Å². The van der Waals surface area contributed by atoms with E-state index in [9.17, 15) is 4.79 Å². The van der Waals surface area contributed by atoms with E-state index in [2.05, 4.69) is 5.32 Å². The molecule has 1 aliphatic rings. The number of rotatable bonds is 4. The second kappa shape index (κ2) is 7.49. The maximum absolute atomic E-state index is 12.6. The molecule has 1 aliphatic heterocycles. The Morgan fingerprint density at radius 3 is 2.54 bits per heavy atom. The van der Waals surface area contributed by atoms with Crippen LogP contribution in [0.2, 0.25) is 0 Å². The standard InChI is InChI=1S/C20H24N2O2/c21-18-11-9-16(10-12-18)15-20(13-5-2-6-14-22-20)24-19(23)17-7-3-1-4-8-17/h1,3-4,7-12,22H,2,5-6,13-15,21H2. The first-order valence-electron chi connectivity index (χ1n) is 8.55. The summed E-state index contributed by atoms with van der Waals surface area (Å²) in [6.07, 6.45) is 4.76. The molecule has 2 aromatic carbocycles. The number of anilines is 1. The molecule has 3 N–H and O–H groups in total. The molecule has 0 bridgehead atoms. The van der Waals surface area contributed by atoms with Gasteiger partial charge in [-0.2, -0.15) is 0 Å². The van der Waals surface area contributed by atoms with Crippen LogP contribution in [0.15, 0.2) is 54.6 Å². The zero-order valence-electron chi connectivity index (χ0n) is 13.8. The maximum Gasteiger partial charge on any atom is 0.339 e. The summed E-state index contributed by atoms with van der Waals surface area (Å²) in [5.74, 6) is -0.277. The van der Waals surface area contributed by atoms with Crippen molar-refractivity contribution in [3.63, 3.8) is 0 Å². The van der Waals surface area contributed by atoms with Gasteiger partial charge in [0.15, 0.2) is 5.72 Å². The quantitative estimate of drug-likeness (QED) is 0.667. The predicted octanol–water partition coefficient (Wildman–Crippen LogP) is 3.53. The van der Waals surface area contributed by atoms with E-state index in [1.165, 1.54) is 0 Å². The normalized spacial score (nSPS) is 21.0. The molecule has 4 heteroatoms. The van der Waals surface area contributed by atoms with E-state index in [0.29, 0.717) is 12.0 Å². The molecule has 0 aliphatic carbocycles. The van der Waals surface area contributed by atoms with Gasteiger partial charge in [0.05, 0.1) is 5.56 Å². The largest absolute Gasteiger partial charge is 0.440 e. The van der Waals surface area contributed by atoms with Gasteiger partial charge < -0.3 is 10.5 Å². The first kappa shape index (κ1) is 16.5. The summed E-state index contributed by atoms with van der Waals surface area (Å²) >= 11 is 0. The lowest BCUT2D eigenvalue weighted by atomic mass is 9.97. The third-order valence-corrected chi connectivity index (χ3v) is 4.47. The van der Waals surface area contributed by atoms with Gasteiger partial charge in [-0.05, 0) is 49.2 Å². The van der Waals surface area contributed by atoms with Gasteiger partial charge in [-0.15, -0.1) is 0 Å². The molecule has 2 aromatic rings. The van der Waals surface area contributed by atoms with E-state index in [-0.39, 0.29) is 5.97 Å². The van der Waals surface area contributed by atoms with Gasteiger partial charge in [-0.3, -0.25) is 5.32 Å². The molecule has 1 fully saturated rings. The highest BCUT2D eigenvalue weighted by atomic mass is 16.6. The average Bonchev–Trinajstić information content (AvgIpc) is 2.83. The molecular weight excluding hydrogens is 300 g/mol. The third-order valence-electron chi connectivity index (χ3n) is 4.47. The van der Waals surface area contributed by atoms with E-state index < -0.39 is 5.72 Å². The first-order valence-corrected chi connectivity index (χ1v) is 8.55. The van der Waals surface area contributed by atoms with Crippen molar-refractivity contribution in [1.29, 1.82) is 0 Å². The molecule has 0 amide bonds. The lowest BCUT2D eigenvalue weighted by Gasteiger charge is -2.33. The molecule has 0 spiro atoms. The van der Waals surface area contributed by atoms with E-state index in [1.807, 2.05) is 42.5 Å². The summed E-state index contributed by atoms with van der Waals surface area (Å²) in [6, 6.07) is 16.9. The van der Waals surface area contributed by atoms with Crippen LogP contribution in [0.25, 0.3) is 0 Å². The fraction of sp³-hybridized carbons (Fsp3) is 0.350. The summed E-state index contributed by atoms with van der Waals surface area (Å²) in [7, 11) is 0. The Morgan fingerprint density at radius 2 is 1.79 bits per heavy atom. The number of nitrogen functional groups attached to an aromatic ring is 1. The average molecular weight is 324 g/mol. The van der Waals surface area contributed by atoms with E-state index in [4.69, 9.17) is 10.5 Å². The lowest BCUT2D eigenvalue weighted by molar-refractivity contribution is -0.0399. The molecule has 4 nitrogen and oxygen atoms in total. The molecule has 1 saturated heterocycles. The van der Waals surface area contributed by atoms with Gasteiger partial charge in [0.1, 0.15) is 0 Å². The van der Waals surface area contributed by atoms with Crippen LogP contribution in [0.3, 0.4) is 0 Å². The highest BCUT2D eigenvalue weighted by Gasteiger charge is 2.35. The highest BCUT2D eigenvalue weighted by molar-refractivity contribution is 5.89. The van der Waals surface area contributed by atoms with E-state index >= 15 is 0 Å². The van der Waals surface area contributed by atoms with Crippen molar-refractivity contribution in [3.05, 3.63) is 65.7 Å². The van der Waals surface area contributed by atoms with Crippen LogP contribution < -0.4 is 11.1 Å². The predicted molar refractivity (Wildman–Crippen MR) is 95.6 cm³/mol. The Bertz CT molecular complexity index is 660. The van der Waals surface area contributed by atoms with E-state index in [1.54, 1.807) is 12.1 Å². The lowest BCUT2D eigenvalue weighted by Crippen LogP contribution is -2.50. The third kappa shape index (κ3) is 4.15. The topological polar surface area (TPSA) is 64.3 Å². The molecule has 126 valence electrons. The minimum absolute atomic E-state index is 0.277. The molecule has 1 heterocycles. The number of nitrogens with two attached hydrogens (primary N) is 1. The van der Waals surface area contributed by atoms with Gasteiger partial charge in [0.2, 0.25) is 0 Å². The fourth-order valence-electron chi connectivity index (χ4n) is 3.17. The minimum atomic E-state index is -0.653. The summed E-state index contributed by atoms with van der Waals surface area (Å²) in [5.41, 5.74) is 7.55. The smallest absolute Gasteiger partial charge is 0.339 e.